The maximum Gasteiger partial charge on any atom is 0.534 e. The number of aryl methyl sites for hydroxylation is 1. The van der Waals surface area contributed by atoms with Crippen molar-refractivity contribution in [2.75, 3.05) is 0 Å². The predicted octanol–water partition coefficient (Wildman–Crippen LogP) is 2.53. The summed E-state index contributed by atoms with van der Waals surface area (Å²) in [6.45, 7) is 1.48. The quantitative estimate of drug-likeness (QED) is 0.485. The Morgan fingerprint density at radius 1 is 1.35 bits per heavy atom. The van der Waals surface area contributed by atoms with Crippen LogP contribution in [0.4, 0.5) is 13.2 Å². The zero-order valence-corrected chi connectivity index (χ0v) is 11.2. The SMILES string of the molecule is Cc1cc(O)c(I)c(OS(=O)(=O)C(F)(F)F)c1. The summed E-state index contributed by atoms with van der Waals surface area (Å²) >= 11 is 1.48. The van der Waals surface area contributed by atoms with Crippen molar-refractivity contribution < 1.29 is 30.9 Å². The maximum atomic E-state index is 12.1. The van der Waals surface area contributed by atoms with Crippen LogP contribution >= 0.6 is 22.6 Å². The summed E-state index contributed by atoms with van der Waals surface area (Å²) in [6.07, 6.45) is 0. The lowest BCUT2D eigenvalue weighted by molar-refractivity contribution is -0.0500. The fraction of sp³-hybridized carbons (Fsp3) is 0.250. The van der Waals surface area contributed by atoms with Crippen LogP contribution in [0.2, 0.25) is 0 Å². The molecule has 0 saturated heterocycles. The van der Waals surface area contributed by atoms with Crippen LogP contribution in [0.15, 0.2) is 12.1 Å². The van der Waals surface area contributed by atoms with Gasteiger partial charge in [-0.1, -0.05) is 0 Å². The molecule has 0 aromatic heterocycles. The molecule has 0 fully saturated rings. The summed E-state index contributed by atoms with van der Waals surface area (Å²) in [5, 5.41) is 9.32. The van der Waals surface area contributed by atoms with Crippen molar-refractivity contribution in [2.45, 2.75) is 12.4 Å². The highest BCUT2D eigenvalue weighted by atomic mass is 127. The van der Waals surface area contributed by atoms with E-state index in [9.17, 15) is 26.7 Å². The molecule has 1 aromatic carbocycles. The van der Waals surface area contributed by atoms with E-state index in [1.807, 2.05) is 0 Å². The van der Waals surface area contributed by atoms with Gasteiger partial charge in [-0.3, -0.25) is 0 Å². The van der Waals surface area contributed by atoms with Crippen molar-refractivity contribution in [1.29, 1.82) is 0 Å². The minimum Gasteiger partial charge on any atom is -0.507 e. The second kappa shape index (κ2) is 4.52. The first-order valence-corrected chi connectivity index (χ1v) is 6.53. The molecule has 1 N–H and O–H groups in total. The Bertz CT molecular complexity index is 538. The molecule has 0 aliphatic heterocycles. The van der Waals surface area contributed by atoms with Crippen LogP contribution < -0.4 is 4.18 Å². The Labute approximate surface area is 109 Å². The first-order valence-electron chi connectivity index (χ1n) is 4.04. The molecule has 0 radical (unpaired) electrons. The van der Waals surface area contributed by atoms with E-state index in [2.05, 4.69) is 4.18 Å². The molecule has 1 aromatic rings. The Hall–Kier alpha value is -0.710. The van der Waals surface area contributed by atoms with E-state index < -0.39 is 21.4 Å². The molecule has 17 heavy (non-hydrogen) atoms. The van der Waals surface area contributed by atoms with Crippen LogP contribution in [0, 0.1) is 10.5 Å². The third-order valence-corrected chi connectivity index (χ3v) is 3.70. The van der Waals surface area contributed by atoms with Crippen molar-refractivity contribution in [2.24, 2.45) is 0 Å². The van der Waals surface area contributed by atoms with Gasteiger partial charge in [0.25, 0.3) is 0 Å². The fourth-order valence-electron chi connectivity index (χ4n) is 0.943. The molecule has 0 spiro atoms. The zero-order valence-electron chi connectivity index (χ0n) is 8.25. The number of rotatable bonds is 2. The molecule has 0 unspecified atom stereocenters. The minimum absolute atomic E-state index is 0.110. The molecule has 0 bridgehead atoms. The zero-order chi connectivity index (χ0) is 13.4. The van der Waals surface area contributed by atoms with Gasteiger partial charge in [0.15, 0.2) is 5.75 Å². The van der Waals surface area contributed by atoms with Crippen molar-refractivity contribution >= 4 is 32.7 Å². The Morgan fingerprint density at radius 3 is 2.35 bits per heavy atom. The van der Waals surface area contributed by atoms with Crippen LogP contribution in [-0.2, 0) is 10.1 Å². The molecule has 0 saturated carbocycles. The van der Waals surface area contributed by atoms with E-state index in [1.54, 1.807) is 0 Å². The summed E-state index contributed by atoms with van der Waals surface area (Å²) in [7, 11) is -5.72. The van der Waals surface area contributed by atoms with Gasteiger partial charge in [-0.25, -0.2) is 0 Å². The van der Waals surface area contributed by atoms with Gasteiger partial charge < -0.3 is 9.29 Å². The molecule has 0 aliphatic carbocycles. The molecule has 0 amide bonds. The number of hydrogen-bond donors (Lipinski definition) is 1. The molecule has 0 atom stereocenters. The number of benzene rings is 1. The highest BCUT2D eigenvalue weighted by molar-refractivity contribution is 14.1. The van der Waals surface area contributed by atoms with E-state index >= 15 is 0 Å². The Morgan fingerprint density at radius 2 is 1.88 bits per heavy atom. The van der Waals surface area contributed by atoms with Gasteiger partial charge >= 0.3 is 15.6 Å². The monoisotopic (exact) mass is 382 g/mol. The number of alkyl halides is 3. The summed E-state index contributed by atoms with van der Waals surface area (Å²) < 4.78 is 61.6. The average Bonchev–Trinajstić information content (AvgIpc) is 2.11. The first kappa shape index (κ1) is 14.4. The van der Waals surface area contributed by atoms with Gasteiger partial charge in [0.1, 0.15) is 5.75 Å². The first-order chi connectivity index (χ1) is 7.54. The van der Waals surface area contributed by atoms with E-state index in [0.717, 1.165) is 6.07 Å². The lowest BCUT2D eigenvalue weighted by Gasteiger charge is -2.12. The van der Waals surface area contributed by atoms with Gasteiger partial charge in [0.05, 0.1) is 3.57 Å². The number of halogens is 4. The molecule has 9 heteroatoms. The van der Waals surface area contributed by atoms with Crippen LogP contribution in [0.3, 0.4) is 0 Å². The van der Waals surface area contributed by atoms with Crippen molar-refractivity contribution in [1.82, 2.24) is 0 Å². The number of phenolic OH excluding ortho intramolecular Hbond substituents is 1. The van der Waals surface area contributed by atoms with Crippen molar-refractivity contribution in [3.05, 3.63) is 21.3 Å². The Kier molecular flexibility index (Phi) is 3.81. The lowest BCUT2D eigenvalue weighted by atomic mass is 10.2. The second-order valence-electron chi connectivity index (χ2n) is 3.08. The normalized spacial score (nSPS) is 12.5. The van der Waals surface area contributed by atoms with Gasteiger partial charge in [0.2, 0.25) is 0 Å². The summed E-state index contributed by atoms with van der Waals surface area (Å²) in [5.74, 6) is -0.904. The number of phenols is 1. The molecular weight excluding hydrogens is 376 g/mol. The minimum atomic E-state index is -5.72. The molecule has 96 valence electrons. The second-order valence-corrected chi connectivity index (χ2v) is 5.70. The summed E-state index contributed by atoms with van der Waals surface area (Å²) in [5.41, 5.74) is -5.13. The third-order valence-electron chi connectivity index (χ3n) is 1.65. The lowest BCUT2D eigenvalue weighted by Crippen LogP contribution is -2.28. The van der Waals surface area contributed by atoms with E-state index in [4.69, 9.17) is 0 Å². The predicted molar refractivity (Wildman–Crippen MR) is 61.2 cm³/mol. The highest BCUT2D eigenvalue weighted by Gasteiger charge is 2.48. The van der Waals surface area contributed by atoms with Crippen molar-refractivity contribution in [3.8, 4) is 11.5 Å². The smallest absolute Gasteiger partial charge is 0.507 e. The number of aromatic hydroxyl groups is 1. The van der Waals surface area contributed by atoms with Crippen LogP contribution in [0.1, 0.15) is 5.56 Å². The van der Waals surface area contributed by atoms with Crippen LogP contribution in [0.5, 0.6) is 11.5 Å². The third kappa shape index (κ3) is 3.15. The molecule has 0 heterocycles. The molecule has 1 rings (SSSR count). The van der Waals surface area contributed by atoms with Crippen LogP contribution in [0.25, 0.3) is 0 Å². The van der Waals surface area contributed by atoms with Crippen molar-refractivity contribution in [3.63, 3.8) is 0 Å². The van der Waals surface area contributed by atoms with E-state index in [-0.39, 0.29) is 9.32 Å². The molecule has 0 aliphatic rings. The Balaban J connectivity index is 3.22. The highest BCUT2D eigenvalue weighted by Crippen LogP contribution is 2.34. The molecule has 4 nitrogen and oxygen atoms in total. The van der Waals surface area contributed by atoms with Gasteiger partial charge in [-0.15, -0.1) is 0 Å². The van der Waals surface area contributed by atoms with E-state index in [0.29, 0.717) is 5.56 Å². The standard InChI is InChI=1S/C8H6F3IO4S/c1-4-2-5(13)7(12)6(3-4)16-17(14,15)8(9,10)11/h2-3,13H,1H3. The van der Waals surface area contributed by atoms with Gasteiger partial charge in [-0.2, -0.15) is 21.6 Å². The fourth-order valence-corrected chi connectivity index (χ4v) is 1.98. The van der Waals surface area contributed by atoms with Crippen LogP contribution in [-0.4, -0.2) is 19.0 Å². The van der Waals surface area contributed by atoms with Gasteiger partial charge in [0, 0.05) is 0 Å². The molecular formula is C8H6F3IO4S. The largest absolute Gasteiger partial charge is 0.534 e. The summed E-state index contributed by atoms with van der Waals surface area (Å²) in [4.78, 5) is 0. The van der Waals surface area contributed by atoms with Gasteiger partial charge in [-0.05, 0) is 47.2 Å². The topological polar surface area (TPSA) is 63.6 Å². The summed E-state index contributed by atoms with van der Waals surface area (Å²) in [6, 6.07) is 2.36. The van der Waals surface area contributed by atoms with E-state index in [1.165, 1.54) is 35.6 Å². The number of hydrogen-bond acceptors (Lipinski definition) is 4. The maximum absolute atomic E-state index is 12.1. The average molecular weight is 382 g/mol.